The molecule has 1 aromatic heterocycles. The molecule has 0 aliphatic rings. The molecular formula is C12H9BrCl2S. The molecule has 0 saturated heterocycles. The normalized spacial score (nSPS) is 12.8. The highest BCUT2D eigenvalue weighted by atomic mass is 79.9. The van der Waals surface area contributed by atoms with E-state index in [0.717, 1.165) is 9.36 Å². The molecule has 1 unspecified atom stereocenters. The summed E-state index contributed by atoms with van der Waals surface area (Å²) in [5.74, 6) is 0. The average Bonchev–Trinajstić information content (AvgIpc) is 2.64. The van der Waals surface area contributed by atoms with Crippen molar-refractivity contribution in [1.82, 2.24) is 0 Å². The molecule has 1 atom stereocenters. The van der Waals surface area contributed by atoms with E-state index in [4.69, 9.17) is 23.2 Å². The van der Waals surface area contributed by atoms with Gasteiger partial charge in [-0.25, -0.2) is 0 Å². The van der Waals surface area contributed by atoms with Crippen molar-refractivity contribution in [3.05, 3.63) is 55.7 Å². The molecule has 0 amide bonds. The quantitative estimate of drug-likeness (QED) is 0.604. The molecular weight excluding hydrogens is 327 g/mol. The monoisotopic (exact) mass is 334 g/mol. The smallest absolute Gasteiger partial charge is 0.0931 e. The minimum absolute atomic E-state index is 0.183. The van der Waals surface area contributed by atoms with Gasteiger partial charge in [0.05, 0.1) is 9.16 Å². The Morgan fingerprint density at radius 1 is 1.19 bits per heavy atom. The first-order valence-corrected chi connectivity index (χ1v) is 7.22. The minimum Gasteiger partial charge on any atom is -0.127 e. The lowest BCUT2D eigenvalue weighted by atomic mass is 10.1. The number of halogens is 3. The Balaban J connectivity index is 2.37. The van der Waals surface area contributed by atoms with Gasteiger partial charge < -0.3 is 0 Å². The lowest BCUT2D eigenvalue weighted by Gasteiger charge is -2.11. The highest BCUT2D eigenvalue weighted by molar-refractivity contribution is 9.09. The fourth-order valence-electron chi connectivity index (χ4n) is 1.54. The maximum atomic E-state index is 5.94. The molecule has 0 fully saturated rings. The molecule has 1 heterocycles. The van der Waals surface area contributed by atoms with E-state index in [1.54, 1.807) is 11.3 Å². The van der Waals surface area contributed by atoms with Crippen LogP contribution in [0.5, 0.6) is 0 Å². The van der Waals surface area contributed by atoms with Crippen molar-refractivity contribution in [3.8, 4) is 0 Å². The predicted octanol–water partition coefficient (Wildman–Crippen LogP) is 5.85. The van der Waals surface area contributed by atoms with Crippen molar-refractivity contribution in [1.29, 1.82) is 0 Å². The molecule has 84 valence electrons. The second-order valence-electron chi connectivity index (χ2n) is 3.51. The highest BCUT2D eigenvalue weighted by Gasteiger charge is 2.14. The predicted molar refractivity (Wildman–Crippen MR) is 76.3 cm³/mol. The van der Waals surface area contributed by atoms with Crippen molar-refractivity contribution >= 4 is 50.5 Å². The van der Waals surface area contributed by atoms with Crippen molar-refractivity contribution in [3.63, 3.8) is 0 Å². The largest absolute Gasteiger partial charge is 0.127 e. The third-order valence-corrected chi connectivity index (χ3v) is 5.17. The summed E-state index contributed by atoms with van der Waals surface area (Å²) in [6.07, 6.45) is 0. The van der Waals surface area contributed by atoms with Crippen molar-refractivity contribution in [2.75, 3.05) is 0 Å². The number of benzene rings is 1. The Morgan fingerprint density at radius 3 is 2.50 bits per heavy atom. The van der Waals surface area contributed by atoms with Crippen LogP contribution in [-0.2, 0) is 0 Å². The summed E-state index contributed by atoms with van der Waals surface area (Å²) in [6, 6.07) is 9.89. The van der Waals surface area contributed by atoms with Gasteiger partial charge >= 0.3 is 0 Å². The van der Waals surface area contributed by atoms with E-state index in [0.29, 0.717) is 0 Å². The van der Waals surface area contributed by atoms with Gasteiger partial charge in [0, 0.05) is 9.90 Å². The molecule has 16 heavy (non-hydrogen) atoms. The third kappa shape index (κ3) is 2.62. The number of hydrogen-bond donors (Lipinski definition) is 0. The molecule has 0 aliphatic carbocycles. The molecule has 0 spiro atoms. The summed E-state index contributed by atoms with van der Waals surface area (Å²) in [4.78, 5) is 1.39. The molecule has 0 aliphatic heterocycles. The summed E-state index contributed by atoms with van der Waals surface area (Å²) in [5.41, 5.74) is 2.40. The van der Waals surface area contributed by atoms with E-state index in [9.17, 15) is 0 Å². The van der Waals surface area contributed by atoms with Crippen LogP contribution in [0.1, 0.15) is 20.8 Å². The fourth-order valence-corrected chi connectivity index (χ4v) is 3.77. The fraction of sp³-hybridized carbons (Fsp3) is 0.167. The van der Waals surface area contributed by atoms with Crippen LogP contribution < -0.4 is 0 Å². The van der Waals surface area contributed by atoms with Crippen LogP contribution in [-0.4, -0.2) is 0 Å². The van der Waals surface area contributed by atoms with Gasteiger partial charge in [0.2, 0.25) is 0 Å². The van der Waals surface area contributed by atoms with Gasteiger partial charge in [-0.1, -0.05) is 45.2 Å². The Labute approximate surface area is 117 Å². The average molecular weight is 336 g/mol. The molecule has 0 saturated carbocycles. The van der Waals surface area contributed by atoms with Crippen molar-refractivity contribution in [2.45, 2.75) is 11.8 Å². The number of alkyl halides is 1. The maximum absolute atomic E-state index is 5.94. The second-order valence-corrected chi connectivity index (χ2v) is 6.60. The van der Waals surface area contributed by atoms with Crippen LogP contribution in [0.25, 0.3) is 0 Å². The van der Waals surface area contributed by atoms with Crippen molar-refractivity contribution < 1.29 is 0 Å². The van der Waals surface area contributed by atoms with Gasteiger partial charge in [-0.05, 0) is 42.3 Å². The lowest BCUT2D eigenvalue weighted by Crippen LogP contribution is -1.93. The third-order valence-electron chi connectivity index (χ3n) is 2.35. The first kappa shape index (κ1) is 12.4. The Bertz CT molecular complexity index is 507. The van der Waals surface area contributed by atoms with Gasteiger partial charge in [0.15, 0.2) is 0 Å². The van der Waals surface area contributed by atoms with Crippen LogP contribution in [0.2, 0.25) is 9.36 Å². The van der Waals surface area contributed by atoms with Crippen LogP contribution in [0, 0.1) is 6.92 Å². The van der Waals surface area contributed by atoms with Crippen LogP contribution in [0.4, 0.5) is 0 Å². The number of hydrogen-bond acceptors (Lipinski definition) is 1. The van der Waals surface area contributed by atoms with E-state index in [-0.39, 0.29) is 4.83 Å². The number of aryl methyl sites for hydroxylation is 1. The zero-order chi connectivity index (χ0) is 11.7. The minimum atomic E-state index is 0.183. The summed E-state index contributed by atoms with van der Waals surface area (Å²) >= 11 is 17.2. The van der Waals surface area contributed by atoms with E-state index in [1.807, 2.05) is 30.3 Å². The molecule has 0 bridgehead atoms. The van der Waals surface area contributed by atoms with Gasteiger partial charge in [-0.15, -0.1) is 11.3 Å². The lowest BCUT2D eigenvalue weighted by molar-refractivity contribution is 1.18. The number of rotatable bonds is 2. The van der Waals surface area contributed by atoms with Gasteiger partial charge in [-0.2, -0.15) is 0 Å². The Morgan fingerprint density at radius 2 is 1.94 bits per heavy atom. The topological polar surface area (TPSA) is 0 Å². The molecule has 2 rings (SSSR count). The van der Waals surface area contributed by atoms with Gasteiger partial charge in [-0.3, -0.25) is 0 Å². The van der Waals surface area contributed by atoms with E-state index < -0.39 is 0 Å². The van der Waals surface area contributed by atoms with Crippen molar-refractivity contribution in [2.24, 2.45) is 0 Å². The van der Waals surface area contributed by atoms with Crippen LogP contribution >= 0.6 is 50.5 Å². The van der Waals surface area contributed by atoms with Crippen LogP contribution in [0.3, 0.4) is 0 Å². The zero-order valence-corrected chi connectivity index (χ0v) is 12.4. The summed E-state index contributed by atoms with van der Waals surface area (Å²) in [5, 5.41) is 0.769. The number of thiophene rings is 1. The molecule has 0 nitrogen and oxygen atoms in total. The molecule has 4 heteroatoms. The standard InChI is InChI=1S/C12H9BrCl2S/c1-7-6-8(14)2-3-9(7)12(13)10-4-5-11(15)16-10/h2-6,12H,1H3. The van der Waals surface area contributed by atoms with E-state index in [1.165, 1.54) is 16.0 Å². The summed E-state index contributed by atoms with van der Waals surface area (Å²) < 4.78 is 0.811. The molecule has 0 radical (unpaired) electrons. The molecule has 1 aromatic carbocycles. The SMILES string of the molecule is Cc1cc(Cl)ccc1C(Br)c1ccc(Cl)s1. The Hall–Kier alpha value is -0.0200. The second kappa shape index (κ2) is 5.09. The van der Waals surface area contributed by atoms with E-state index in [2.05, 4.69) is 22.9 Å². The Kier molecular flexibility index (Phi) is 3.96. The summed E-state index contributed by atoms with van der Waals surface area (Å²) in [7, 11) is 0. The summed E-state index contributed by atoms with van der Waals surface area (Å²) in [6.45, 7) is 2.06. The first-order chi connectivity index (χ1) is 7.58. The first-order valence-electron chi connectivity index (χ1n) is 4.73. The maximum Gasteiger partial charge on any atom is 0.0931 e. The van der Waals surface area contributed by atoms with Gasteiger partial charge in [0.25, 0.3) is 0 Å². The highest BCUT2D eigenvalue weighted by Crippen LogP contribution is 2.38. The molecule has 2 aromatic rings. The van der Waals surface area contributed by atoms with Crippen LogP contribution in [0.15, 0.2) is 30.3 Å². The van der Waals surface area contributed by atoms with Gasteiger partial charge in [0.1, 0.15) is 0 Å². The van der Waals surface area contributed by atoms with E-state index >= 15 is 0 Å². The molecule has 0 N–H and O–H groups in total. The zero-order valence-electron chi connectivity index (χ0n) is 8.51.